The van der Waals surface area contributed by atoms with Gasteiger partial charge in [0, 0.05) is 24.5 Å². The number of carbonyl (C=O) groups is 1. The highest BCUT2D eigenvalue weighted by Crippen LogP contribution is 2.28. The van der Waals surface area contributed by atoms with Crippen molar-refractivity contribution in [3.8, 4) is 10.8 Å². The van der Waals surface area contributed by atoms with Crippen LogP contribution in [0.25, 0.3) is 10.8 Å². The number of nitrogens with zero attached hydrogens (tertiary/aromatic N) is 2. The molecule has 8 heteroatoms. The molecular formula is C14H19Cl2N3O2S. The van der Waals surface area contributed by atoms with Crippen LogP contribution >= 0.6 is 36.2 Å². The molecule has 0 bridgehead atoms. The van der Waals surface area contributed by atoms with Crippen molar-refractivity contribution >= 4 is 42.1 Å². The summed E-state index contributed by atoms with van der Waals surface area (Å²) in [6, 6.07) is 3.94. The lowest BCUT2D eigenvalue weighted by Crippen LogP contribution is -2.38. The van der Waals surface area contributed by atoms with Crippen molar-refractivity contribution in [2.24, 2.45) is 0 Å². The van der Waals surface area contributed by atoms with E-state index in [1.54, 1.807) is 11.2 Å². The third kappa shape index (κ3) is 3.63. The van der Waals surface area contributed by atoms with E-state index in [-0.39, 0.29) is 36.8 Å². The maximum absolute atomic E-state index is 12.5. The molecule has 0 spiro atoms. The Labute approximate surface area is 145 Å². The predicted octanol–water partition coefficient (Wildman–Crippen LogP) is 2.99. The van der Waals surface area contributed by atoms with Gasteiger partial charge in [-0.3, -0.25) is 4.79 Å². The lowest BCUT2D eigenvalue weighted by molar-refractivity contribution is 0.0738. The van der Waals surface area contributed by atoms with E-state index in [1.165, 1.54) is 11.3 Å². The molecule has 0 radical (unpaired) electrons. The third-order valence-electron chi connectivity index (χ3n) is 3.63. The molecule has 1 atom stereocenters. The van der Waals surface area contributed by atoms with Gasteiger partial charge in [-0.1, -0.05) is 0 Å². The summed E-state index contributed by atoms with van der Waals surface area (Å²) in [6.45, 7) is 3.75. The number of nitrogens with one attached hydrogen (secondary N) is 1. The second-order valence-corrected chi connectivity index (χ2v) is 6.17. The lowest BCUT2D eigenvalue weighted by Gasteiger charge is -2.23. The molecule has 1 unspecified atom stereocenters. The predicted molar refractivity (Wildman–Crippen MR) is 92.4 cm³/mol. The summed E-state index contributed by atoms with van der Waals surface area (Å²) in [4.78, 5) is 19.7. The van der Waals surface area contributed by atoms with Crippen LogP contribution in [0, 0.1) is 6.92 Å². The highest BCUT2D eigenvalue weighted by molar-refractivity contribution is 7.15. The number of thiazole rings is 1. The maximum Gasteiger partial charge on any atom is 0.273 e. The number of furan rings is 1. The average Bonchev–Trinajstić information content (AvgIpc) is 3.17. The molecule has 3 heterocycles. The molecule has 0 saturated carbocycles. The Morgan fingerprint density at radius 3 is 2.86 bits per heavy atom. The number of halogens is 2. The van der Waals surface area contributed by atoms with Crippen molar-refractivity contribution in [2.75, 3.05) is 20.1 Å². The Kier molecular flexibility index (Phi) is 6.87. The van der Waals surface area contributed by atoms with E-state index in [2.05, 4.69) is 10.3 Å². The van der Waals surface area contributed by atoms with Gasteiger partial charge in [0.05, 0.1) is 6.26 Å². The molecule has 5 nitrogen and oxygen atoms in total. The second kappa shape index (κ2) is 7.97. The summed E-state index contributed by atoms with van der Waals surface area (Å²) in [5.41, 5.74) is 0.538. The Morgan fingerprint density at radius 2 is 2.27 bits per heavy atom. The molecule has 2 aromatic rings. The number of aryl methyl sites for hydroxylation is 1. The molecule has 0 aliphatic carbocycles. The number of hydrogen-bond donors (Lipinski definition) is 1. The monoisotopic (exact) mass is 363 g/mol. The first-order valence-corrected chi connectivity index (χ1v) is 7.47. The number of rotatable bonds is 3. The van der Waals surface area contributed by atoms with Gasteiger partial charge in [0.15, 0.2) is 10.8 Å². The minimum Gasteiger partial charge on any atom is -0.462 e. The van der Waals surface area contributed by atoms with Crippen molar-refractivity contribution in [3.63, 3.8) is 0 Å². The maximum atomic E-state index is 12.5. The summed E-state index contributed by atoms with van der Waals surface area (Å²) < 4.78 is 5.34. The summed E-state index contributed by atoms with van der Waals surface area (Å²) in [7, 11) is 1.85. The first kappa shape index (κ1) is 19.0. The van der Waals surface area contributed by atoms with Gasteiger partial charge in [0.2, 0.25) is 0 Å². The molecule has 122 valence electrons. The molecular weight excluding hydrogens is 345 g/mol. The van der Waals surface area contributed by atoms with E-state index in [0.29, 0.717) is 11.5 Å². The molecule has 2 aromatic heterocycles. The number of aromatic nitrogens is 1. The van der Waals surface area contributed by atoms with Crippen LogP contribution in [0.4, 0.5) is 0 Å². The van der Waals surface area contributed by atoms with Gasteiger partial charge in [-0.05, 0) is 32.0 Å². The topological polar surface area (TPSA) is 58.4 Å². The Bertz CT molecular complexity index is 610. The van der Waals surface area contributed by atoms with Gasteiger partial charge in [0.1, 0.15) is 5.69 Å². The van der Waals surface area contributed by atoms with E-state index in [4.69, 9.17) is 4.42 Å². The van der Waals surface area contributed by atoms with Crippen LogP contribution in [0.2, 0.25) is 0 Å². The summed E-state index contributed by atoms with van der Waals surface area (Å²) in [6.07, 6.45) is 2.61. The average molecular weight is 364 g/mol. The van der Waals surface area contributed by atoms with E-state index >= 15 is 0 Å². The number of carbonyl (C=O) groups excluding carboxylic acids is 1. The SMILES string of the molecule is Cc1sc(-c2ccco2)nc1C(=O)N(C)C1CCNC1.Cl.Cl. The van der Waals surface area contributed by atoms with Gasteiger partial charge in [0.25, 0.3) is 5.91 Å². The molecule has 3 rings (SSSR count). The summed E-state index contributed by atoms with van der Waals surface area (Å²) in [5.74, 6) is 0.701. The van der Waals surface area contributed by atoms with Crippen LogP contribution < -0.4 is 5.32 Å². The first-order valence-electron chi connectivity index (χ1n) is 6.66. The smallest absolute Gasteiger partial charge is 0.273 e. The quantitative estimate of drug-likeness (QED) is 0.910. The summed E-state index contributed by atoms with van der Waals surface area (Å²) in [5, 5.41) is 4.03. The molecule has 1 saturated heterocycles. The van der Waals surface area contributed by atoms with Crippen molar-refractivity contribution in [3.05, 3.63) is 29.0 Å². The molecule has 0 aromatic carbocycles. The normalized spacial score (nSPS) is 16.7. The first-order chi connectivity index (χ1) is 9.66. The van der Waals surface area contributed by atoms with E-state index in [0.717, 1.165) is 29.4 Å². The number of likely N-dealkylation sites (N-methyl/N-ethyl adjacent to an activating group) is 1. The van der Waals surface area contributed by atoms with E-state index < -0.39 is 0 Å². The van der Waals surface area contributed by atoms with Crippen LogP contribution in [0.3, 0.4) is 0 Å². The standard InChI is InChI=1S/C14H17N3O2S.2ClH/c1-9-12(14(18)17(2)10-5-6-15-8-10)16-13(20-9)11-4-3-7-19-11;;/h3-4,7,10,15H,5-6,8H2,1-2H3;2*1H. The van der Waals surface area contributed by atoms with Crippen LogP contribution in [-0.4, -0.2) is 42.0 Å². The Morgan fingerprint density at radius 1 is 1.50 bits per heavy atom. The van der Waals surface area contributed by atoms with Gasteiger partial charge in [-0.2, -0.15) is 0 Å². The molecule has 1 fully saturated rings. The Balaban J connectivity index is 0.00000121. The van der Waals surface area contributed by atoms with Crippen LogP contribution in [-0.2, 0) is 0 Å². The number of amides is 1. The fourth-order valence-corrected chi connectivity index (χ4v) is 3.28. The zero-order chi connectivity index (χ0) is 14.1. The van der Waals surface area contributed by atoms with Gasteiger partial charge in [-0.15, -0.1) is 36.2 Å². The van der Waals surface area contributed by atoms with Crippen LogP contribution in [0.15, 0.2) is 22.8 Å². The number of hydrogen-bond acceptors (Lipinski definition) is 5. The van der Waals surface area contributed by atoms with Crippen molar-refractivity contribution in [1.82, 2.24) is 15.2 Å². The molecule has 1 amide bonds. The molecule has 1 aliphatic heterocycles. The molecule has 1 aliphatic rings. The zero-order valence-electron chi connectivity index (χ0n) is 12.4. The molecule has 1 N–H and O–H groups in total. The van der Waals surface area contributed by atoms with Gasteiger partial charge < -0.3 is 14.6 Å². The summed E-state index contributed by atoms with van der Waals surface area (Å²) >= 11 is 1.49. The fraction of sp³-hybridized carbons (Fsp3) is 0.429. The second-order valence-electron chi connectivity index (χ2n) is 4.96. The van der Waals surface area contributed by atoms with E-state index in [9.17, 15) is 4.79 Å². The lowest BCUT2D eigenvalue weighted by atomic mass is 10.2. The highest BCUT2D eigenvalue weighted by Gasteiger charge is 2.27. The minimum absolute atomic E-state index is 0. The van der Waals surface area contributed by atoms with Gasteiger partial charge >= 0.3 is 0 Å². The van der Waals surface area contributed by atoms with Crippen molar-refractivity contribution < 1.29 is 9.21 Å². The van der Waals surface area contributed by atoms with Crippen molar-refractivity contribution in [1.29, 1.82) is 0 Å². The highest BCUT2D eigenvalue weighted by atomic mass is 35.5. The van der Waals surface area contributed by atoms with Crippen molar-refractivity contribution in [2.45, 2.75) is 19.4 Å². The van der Waals surface area contributed by atoms with Gasteiger partial charge in [-0.25, -0.2) is 4.98 Å². The minimum atomic E-state index is -0.00902. The fourth-order valence-electron chi connectivity index (χ4n) is 2.40. The Hall–Kier alpha value is -1.08. The van der Waals surface area contributed by atoms with Crippen LogP contribution in [0.5, 0.6) is 0 Å². The molecule has 22 heavy (non-hydrogen) atoms. The largest absolute Gasteiger partial charge is 0.462 e. The van der Waals surface area contributed by atoms with Crippen LogP contribution in [0.1, 0.15) is 21.8 Å². The third-order valence-corrected chi connectivity index (χ3v) is 4.62. The zero-order valence-corrected chi connectivity index (χ0v) is 14.8. The van der Waals surface area contributed by atoms with E-state index in [1.807, 2.05) is 26.1 Å².